The van der Waals surface area contributed by atoms with E-state index in [2.05, 4.69) is 6.92 Å². The van der Waals surface area contributed by atoms with Gasteiger partial charge in [-0.15, -0.1) is 0 Å². The first-order valence-electron chi connectivity index (χ1n) is 5.17. The van der Waals surface area contributed by atoms with E-state index in [0.717, 1.165) is 32.5 Å². The van der Waals surface area contributed by atoms with E-state index in [9.17, 15) is 4.79 Å². The molecule has 0 radical (unpaired) electrons. The van der Waals surface area contributed by atoms with Crippen LogP contribution in [0.2, 0.25) is 0 Å². The number of amides is 2. The summed E-state index contributed by atoms with van der Waals surface area (Å²) in [6.45, 7) is 8.63. The standard InChI is InChI=1S/C10H22N2O/c1-5-8-9-12(7-3)10(13)11(4)6-2/h5-9H2,1-4H3. The van der Waals surface area contributed by atoms with E-state index in [1.807, 2.05) is 25.8 Å². The minimum absolute atomic E-state index is 0.151. The van der Waals surface area contributed by atoms with Gasteiger partial charge in [0.15, 0.2) is 0 Å². The molecule has 78 valence electrons. The van der Waals surface area contributed by atoms with Crippen molar-refractivity contribution in [1.82, 2.24) is 9.80 Å². The van der Waals surface area contributed by atoms with Crippen molar-refractivity contribution in [2.24, 2.45) is 0 Å². The van der Waals surface area contributed by atoms with Gasteiger partial charge in [0, 0.05) is 26.7 Å². The lowest BCUT2D eigenvalue weighted by Crippen LogP contribution is -2.41. The van der Waals surface area contributed by atoms with Gasteiger partial charge in [-0.3, -0.25) is 0 Å². The lowest BCUT2D eigenvalue weighted by atomic mass is 10.3. The van der Waals surface area contributed by atoms with Crippen molar-refractivity contribution in [3.8, 4) is 0 Å². The fourth-order valence-electron chi connectivity index (χ4n) is 1.11. The number of carbonyl (C=O) groups excluding carboxylic acids is 1. The van der Waals surface area contributed by atoms with Gasteiger partial charge in [0.25, 0.3) is 0 Å². The average Bonchev–Trinajstić information content (AvgIpc) is 2.17. The van der Waals surface area contributed by atoms with Gasteiger partial charge in [0.05, 0.1) is 0 Å². The third kappa shape index (κ3) is 4.15. The second-order valence-corrected chi connectivity index (χ2v) is 3.23. The molecule has 0 unspecified atom stereocenters. The maximum absolute atomic E-state index is 11.7. The van der Waals surface area contributed by atoms with Crippen molar-refractivity contribution >= 4 is 6.03 Å². The van der Waals surface area contributed by atoms with E-state index in [1.165, 1.54) is 0 Å². The topological polar surface area (TPSA) is 23.6 Å². The van der Waals surface area contributed by atoms with Crippen molar-refractivity contribution in [3.05, 3.63) is 0 Å². The van der Waals surface area contributed by atoms with Crippen molar-refractivity contribution in [2.45, 2.75) is 33.6 Å². The zero-order valence-electron chi connectivity index (χ0n) is 9.34. The van der Waals surface area contributed by atoms with E-state index < -0.39 is 0 Å². The van der Waals surface area contributed by atoms with Crippen LogP contribution in [0.25, 0.3) is 0 Å². The SMILES string of the molecule is CCCCN(CC)C(=O)N(C)CC. The molecule has 13 heavy (non-hydrogen) atoms. The third-order valence-electron chi connectivity index (χ3n) is 2.23. The summed E-state index contributed by atoms with van der Waals surface area (Å²) in [4.78, 5) is 15.3. The first-order valence-corrected chi connectivity index (χ1v) is 5.17. The molecule has 0 spiro atoms. The van der Waals surface area contributed by atoms with Crippen LogP contribution in [0.1, 0.15) is 33.6 Å². The van der Waals surface area contributed by atoms with Crippen molar-refractivity contribution < 1.29 is 4.79 Å². The Bertz CT molecular complexity index is 148. The molecule has 0 aliphatic carbocycles. The Morgan fingerprint density at radius 2 is 1.77 bits per heavy atom. The molecule has 3 nitrogen and oxygen atoms in total. The summed E-state index contributed by atoms with van der Waals surface area (Å²) >= 11 is 0. The Balaban J connectivity index is 3.98. The maximum atomic E-state index is 11.7. The molecule has 0 saturated heterocycles. The lowest BCUT2D eigenvalue weighted by Gasteiger charge is -2.26. The summed E-state index contributed by atoms with van der Waals surface area (Å²) in [5, 5.41) is 0. The highest BCUT2D eigenvalue weighted by Crippen LogP contribution is 1.99. The minimum Gasteiger partial charge on any atom is -0.328 e. The van der Waals surface area contributed by atoms with Crippen molar-refractivity contribution in [3.63, 3.8) is 0 Å². The Hall–Kier alpha value is -0.730. The molecule has 0 saturated carbocycles. The number of nitrogens with zero attached hydrogens (tertiary/aromatic N) is 2. The highest BCUT2D eigenvalue weighted by atomic mass is 16.2. The van der Waals surface area contributed by atoms with Gasteiger partial charge >= 0.3 is 6.03 Å². The molecule has 0 bridgehead atoms. The monoisotopic (exact) mass is 186 g/mol. The van der Waals surface area contributed by atoms with Crippen LogP contribution in [0, 0.1) is 0 Å². The van der Waals surface area contributed by atoms with Crippen LogP contribution in [-0.4, -0.2) is 42.5 Å². The van der Waals surface area contributed by atoms with E-state index >= 15 is 0 Å². The number of hydrogen-bond donors (Lipinski definition) is 0. The van der Waals surface area contributed by atoms with E-state index in [4.69, 9.17) is 0 Å². The van der Waals surface area contributed by atoms with E-state index in [-0.39, 0.29) is 6.03 Å². The Morgan fingerprint density at radius 1 is 1.15 bits per heavy atom. The van der Waals surface area contributed by atoms with Crippen LogP contribution < -0.4 is 0 Å². The minimum atomic E-state index is 0.151. The molecular formula is C10H22N2O. The Morgan fingerprint density at radius 3 is 2.15 bits per heavy atom. The summed E-state index contributed by atoms with van der Waals surface area (Å²) in [5.41, 5.74) is 0. The van der Waals surface area contributed by atoms with Crippen LogP contribution in [0.5, 0.6) is 0 Å². The summed E-state index contributed by atoms with van der Waals surface area (Å²) < 4.78 is 0. The number of urea groups is 1. The van der Waals surface area contributed by atoms with Gasteiger partial charge < -0.3 is 9.80 Å². The van der Waals surface area contributed by atoms with E-state index in [0.29, 0.717) is 0 Å². The average molecular weight is 186 g/mol. The molecule has 0 N–H and O–H groups in total. The molecule has 0 aromatic carbocycles. The van der Waals surface area contributed by atoms with Crippen LogP contribution in [0.4, 0.5) is 4.79 Å². The molecule has 0 rings (SSSR count). The fraction of sp³-hybridized carbons (Fsp3) is 0.900. The lowest BCUT2D eigenvalue weighted by molar-refractivity contribution is 0.166. The molecule has 3 heteroatoms. The second-order valence-electron chi connectivity index (χ2n) is 3.23. The number of unbranched alkanes of at least 4 members (excludes halogenated alkanes) is 1. The maximum Gasteiger partial charge on any atom is 0.319 e. The molecule has 0 heterocycles. The molecule has 0 atom stereocenters. The quantitative estimate of drug-likeness (QED) is 0.645. The predicted molar refractivity (Wildman–Crippen MR) is 55.9 cm³/mol. The van der Waals surface area contributed by atoms with Gasteiger partial charge in [-0.2, -0.15) is 0 Å². The molecule has 0 aliphatic heterocycles. The molecule has 0 aromatic heterocycles. The second kappa shape index (κ2) is 6.75. The van der Waals surface area contributed by atoms with Gasteiger partial charge in [-0.1, -0.05) is 13.3 Å². The van der Waals surface area contributed by atoms with Gasteiger partial charge in [-0.05, 0) is 20.3 Å². The van der Waals surface area contributed by atoms with E-state index in [1.54, 1.807) is 4.90 Å². The molecule has 0 aliphatic rings. The smallest absolute Gasteiger partial charge is 0.319 e. The van der Waals surface area contributed by atoms with Gasteiger partial charge in [0.1, 0.15) is 0 Å². The summed E-state index contributed by atoms with van der Waals surface area (Å²) in [6.07, 6.45) is 2.23. The predicted octanol–water partition coefficient (Wildman–Crippen LogP) is 2.18. The highest BCUT2D eigenvalue weighted by molar-refractivity contribution is 5.74. The summed E-state index contributed by atoms with van der Waals surface area (Å²) in [7, 11) is 1.84. The first-order chi connectivity index (χ1) is 6.17. The van der Waals surface area contributed by atoms with Crippen LogP contribution in [0.3, 0.4) is 0 Å². The zero-order valence-corrected chi connectivity index (χ0v) is 9.34. The van der Waals surface area contributed by atoms with Gasteiger partial charge in [-0.25, -0.2) is 4.79 Å². The number of carbonyl (C=O) groups is 1. The fourth-order valence-corrected chi connectivity index (χ4v) is 1.11. The number of hydrogen-bond acceptors (Lipinski definition) is 1. The zero-order chi connectivity index (χ0) is 10.3. The van der Waals surface area contributed by atoms with Crippen LogP contribution >= 0.6 is 0 Å². The van der Waals surface area contributed by atoms with Crippen LogP contribution in [-0.2, 0) is 0 Å². The molecular weight excluding hydrogens is 164 g/mol. The molecule has 0 aromatic rings. The van der Waals surface area contributed by atoms with Crippen LogP contribution in [0.15, 0.2) is 0 Å². The molecule has 0 fully saturated rings. The van der Waals surface area contributed by atoms with Crippen molar-refractivity contribution in [2.75, 3.05) is 26.7 Å². The summed E-state index contributed by atoms with van der Waals surface area (Å²) in [5.74, 6) is 0. The summed E-state index contributed by atoms with van der Waals surface area (Å²) in [6, 6.07) is 0.151. The first kappa shape index (κ1) is 12.3. The Kier molecular flexibility index (Phi) is 6.37. The number of rotatable bonds is 5. The normalized spacial score (nSPS) is 9.85. The Labute approximate surface area is 81.7 Å². The highest BCUT2D eigenvalue weighted by Gasteiger charge is 2.13. The molecule has 2 amide bonds. The van der Waals surface area contributed by atoms with Gasteiger partial charge in [0.2, 0.25) is 0 Å². The third-order valence-corrected chi connectivity index (χ3v) is 2.23. The largest absolute Gasteiger partial charge is 0.328 e. The van der Waals surface area contributed by atoms with Crippen molar-refractivity contribution in [1.29, 1.82) is 0 Å².